The molecule has 0 rings (SSSR count). The Balaban J connectivity index is 4.44. The summed E-state index contributed by atoms with van der Waals surface area (Å²) in [7, 11) is 0. The lowest BCUT2D eigenvalue weighted by Crippen LogP contribution is -2.30. The molecule has 0 saturated heterocycles. The van der Waals surface area contributed by atoms with Crippen LogP contribution in [0.1, 0.15) is 258 Å². The molecule has 0 spiro atoms. The quantitative estimate of drug-likeness (QED) is 0.0262. The second kappa shape index (κ2) is 50.8. The largest absolute Gasteiger partial charge is 0.462 e. The molecule has 1 unspecified atom stereocenters. The van der Waals surface area contributed by atoms with Crippen LogP contribution in [-0.2, 0) is 28.6 Å². The van der Waals surface area contributed by atoms with Crippen LogP contribution < -0.4 is 0 Å². The molecule has 6 nitrogen and oxygen atoms in total. The van der Waals surface area contributed by atoms with Gasteiger partial charge in [-0.05, 0) is 70.6 Å². The lowest BCUT2D eigenvalue weighted by atomic mass is 10.0. The summed E-state index contributed by atoms with van der Waals surface area (Å²) < 4.78 is 16.7. The van der Waals surface area contributed by atoms with Gasteiger partial charge in [-0.3, -0.25) is 14.4 Å². The van der Waals surface area contributed by atoms with Crippen LogP contribution >= 0.6 is 0 Å². The summed E-state index contributed by atoms with van der Waals surface area (Å²) in [6.07, 6.45) is 62.1. The fourth-order valence-electron chi connectivity index (χ4n) is 7.33. The van der Waals surface area contributed by atoms with Crippen LogP contribution in [0.4, 0.5) is 0 Å². The highest BCUT2D eigenvalue weighted by Crippen LogP contribution is 2.15. The second-order valence-corrected chi connectivity index (χ2v) is 17.4. The van der Waals surface area contributed by atoms with Gasteiger partial charge >= 0.3 is 17.9 Å². The first-order valence-corrected chi connectivity index (χ1v) is 26.3. The Bertz CT molecular complexity index is 1130. The van der Waals surface area contributed by atoms with Gasteiger partial charge < -0.3 is 14.2 Å². The fraction of sp³-hybridized carbons (Fsp3) is 0.768. The van der Waals surface area contributed by atoms with Crippen LogP contribution in [0.2, 0.25) is 0 Å². The molecule has 62 heavy (non-hydrogen) atoms. The Hall–Kier alpha value is -2.89. The zero-order chi connectivity index (χ0) is 45.1. The van der Waals surface area contributed by atoms with Crippen molar-refractivity contribution >= 4 is 17.9 Å². The molecule has 0 aromatic rings. The monoisotopic (exact) mass is 867 g/mol. The Morgan fingerprint density at radius 2 is 0.661 bits per heavy atom. The molecule has 0 bridgehead atoms. The van der Waals surface area contributed by atoms with Gasteiger partial charge in [0.1, 0.15) is 13.2 Å². The molecular formula is C56H98O6. The average molecular weight is 867 g/mol. The van der Waals surface area contributed by atoms with Gasteiger partial charge in [0.05, 0.1) is 0 Å². The summed E-state index contributed by atoms with van der Waals surface area (Å²) in [4.78, 5) is 37.9. The SMILES string of the molecule is CC/C=C\C/C=C\C/C=C\CCCCCCCCC(=O)OCC(COC(=O)CC/C=C\C/C=C\CCCCCCCC)OC(=O)CCCCCCCCCCCCCCCCC. The van der Waals surface area contributed by atoms with Crippen LogP contribution in [0, 0.1) is 0 Å². The van der Waals surface area contributed by atoms with Gasteiger partial charge in [-0.2, -0.15) is 0 Å². The van der Waals surface area contributed by atoms with Crippen molar-refractivity contribution in [2.24, 2.45) is 0 Å². The van der Waals surface area contributed by atoms with E-state index in [-0.39, 0.29) is 37.5 Å². The topological polar surface area (TPSA) is 78.9 Å². The number of unbranched alkanes of at least 4 members (excludes halogenated alkanes) is 26. The highest BCUT2D eigenvalue weighted by atomic mass is 16.6. The Morgan fingerprint density at radius 1 is 0.339 bits per heavy atom. The van der Waals surface area contributed by atoms with Crippen LogP contribution in [0.3, 0.4) is 0 Å². The standard InChI is InChI=1S/C56H98O6/c1-4-7-10-13-16-19-22-25-27-29-31-34-37-40-43-46-49-55(58)61-52-53(51-60-54(57)48-45-42-39-36-33-30-24-21-18-15-12-9-6-3)62-56(59)50-47-44-41-38-35-32-28-26-23-20-17-14-11-8-5-2/h7,10,16,19,25,27,30,33,39,42,53H,4-6,8-9,11-15,17-18,20-24,26,28-29,31-32,34-38,40-41,43-52H2,1-3H3/b10-7-,19-16-,27-25-,33-30-,42-39-. The van der Waals surface area contributed by atoms with E-state index in [0.29, 0.717) is 19.3 Å². The third kappa shape index (κ3) is 48.1. The molecule has 0 heterocycles. The van der Waals surface area contributed by atoms with Gasteiger partial charge in [0, 0.05) is 19.3 Å². The molecule has 0 aromatic carbocycles. The highest BCUT2D eigenvalue weighted by Gasteiger charge is 2.19. The van der Waals surface area contributed by atoms with Crippen molar-refractivity contribution in [3.63, 3.8) is 0 Å². The first kappa shape index (κ1) is 59.1. The van der Waals surface area contributed by atoms with Gasteiger partial charge in [0.2, 0.25) is 0 Å². The highest BCUT2D eigenvalue weighted by molar-refractivity contribution is 5.71. The number of carbonyl (C=O) groups excluding carboxylic acids is 3. The number of hydrogen-bond acceptors (Lipinski definition) is 6. The van der Waals surface area contributed by atoms with Crippen molar-refractivity contribution in [2.75, 3.05) is 13.2 Å². The van der Waals surface area contributed by atoms with E-state index in [1.807, 2.05) is 6.08 Å². The van der Waals surface area contributed by atoms with Crippen LogP contribution in [-0.4, -0.2) is 37.2 Å². The summed E-state index contributed by atoms with van der Waals surface area (Å²) in [6.45, 7) is 6.47. The minimum absolute atomic E-state index is 0.0963. The predicted molar refractivity (Wildman–Crippen MR) is 265 cm³/mol. The Labute approximate surface area is 383 Å². The van der Waals surface area contributed by atoms with E-state index >= 15 is 0 Å². The minimum Gasteiger partial charge on any atom is -0.462 e. The van der Waals surface area contributed by atoms with E-state index in [1.165, 1.54) is 135 Å². The van der Waals surface area contributed by atoms with E-state index in [1.54, 1.807) is 0 Å². The molecule has 0 N–H and O–H groups in total. The summed E-state index contributed by atoms with van der Waals surface area (Å²) in [5.41, 5.74) is 0. The molecule has 6 heteroatoms. The average Bonchev–Trinajstić information content (AvgIpc) is 3.27. The third-order valence-corrected chi connectivity index (χ3v) is 11.3. The molecule has 0 saturated carbocycles. The molecule has 0 amide bonds. The smallest absolute Gasteiger partial charge is 0.306 e. The second-order valence-electron chi connectivity index (χ2n) is 17.4. The lowest BCUT2D eigenvalue weighted by molar-refractivity contribution is -0.166. The van der Waals surface area contributed by atoms with Gasteiger partial charge in [0.15, 0.2) is 6.10 Å². The summed E-state index contributed by atoms with van der Waals surface area (Å²) in [5, 5.41) is 0. The van der Waals surface area contributed by atoms with Crippen molar-refractivity contribution in [1.82, 2.24) is 0 Å². The third-order valence-electron chi connectivity index (χ3n) is 11.3. The predicted octanol–water partition coefficient (Wildman–Crippen LogP) is 17.3. The first-order valence-electron chi connectivity index (χ1n) is 26.3. The number of ether oxygens (including phenoxy) is 3. The van der Waals surface area contributed by atoms with Gasteiger partial charge in [-0.1, -0.05) is 229 Å². The molecule has 0 fully saturated rings. The molecule has 358 valence electrons. The fourth-order valence-corrected chi connectivity index (χ4v) is 7.33. The Morgan fingerprint density at radius 3 is 1.08 bits per heavy atom. The number of allylic oxidation sites excluding steroid dienone is 10. The molecule has 0 radical (unpaired) electrons. The van der Waals surface area contributed by atoms with Gasteiger partial charge in [-0.25, -0.2) is 0 Å². The summed E-state index contributed by atoms with van der Waals surface area (Å²) in [6, 6.07) is 0. The number of hydrogen-bond donors (Lipinski definition) is 0. The van der Waals surface area contributed by atoms with E-state index in [4.69, 9.17) is 14.2 Å². The van der Waals surface area contributed by atoms with Crippen molar-refractivity contribution < 1.29 is 28.6 Å². The molecule has 0 aromatic heterocycles. The van der Waals surface area contributed by atoms with Gasteiger partial charge in [0.25, 0.3) is 0 Å². The molecule has 0 aliphatic carbocycles. The maximum atomic E-state index is 12.8. The normalized spacial score (nSPS) is 12.5. The number of rotatable bonds is 47. The first-order chi connectivity index (χ1) is 30.5. The lowest BCUT2D eigenvalue weighted by Gasteiger charge is -2.18. The van der Waals surface area contributed by atoms with Crippen molar-refractivity contribution in [1.29, 1.82) is 0 Å². The maximum Gasteiger partial charge on any atom is 0.306 e. The van der Waals surface area contributed by atoms with Crippen LogP contribution in [0.25, 0.3) is 0 Å². The van der Waals surface area contributed by atoms with Crippen molar-refractivity contribution in [3.8, 4) is 0 Å². The molecule has 0 aliphatic heterocycles. The molecule has 0 aliphatic rings. The van der Waals surface area contributed by atoms with Crippen LogP contribution in [0.5, 0.6) is 0 Å². The van der Waals surface area contributed by atoms with E-state index in [9.17, 15) is 14.4 Å². The summed E-state index contributed by atoms with van der Waals surface area (Å²) >= 11 is 0. The van der Waals surface area contributed by atoms with E-state index in [0.717, 1.165) is 77.0 Å². The minimum atomic E-state index is -0.799. The number of esters is 3. The van der Waals surface area contributed by atoms with E-state index in [2.05, 4.69) is 75.5 Å². The van der Waals surface area contributed by atoms with Crippen LogP contribution in [0.15, 0.2) is 60.8 Å². The zero-order valence-electron chi connectivity index (χ0n) is 40.9. The zero-order valence-corrected chi connectivity index (χ0v) is 40.9. The molecular weight excluding hydrogens is 769 g/mol. The number of carbonyl (C=O) groups is 3. The van der Waals surface area contributed by atoms with Crippen molar-refractivity contribution in [2.45, 2.75) is 264 Å². The van der Waals surface area contributed by atoms with Crippen molar-refractivity contribution in [3.05, 3.63) is 60.8 Å². The van der Waals surface area contributed by atoms with Gasteiger partial charge in [-0.15, -0.1) is 0 Å². The van der Waals surface area contributed by atoms with E-state index < -0.39 is 6.10 Å². The maximum absolute atomic E-state index is 12.8. The summed E-state index contributed by atoms with van der Waals surface area (Å²) in [5.74, 6) is -0.971. The Kier molecular flexibility index (Phi) is 48.4. The molecule has 1 atom stereocenters.